The van der Waals surface area contributed by atoms with Gasteiger partial charge < -0.3 is 10.6 Å². The maximum Gasteiger partial charge on any atom is 0.0597 e. The highest BCUT2D eigenvalue weighted by molar-refractivity contribution is 14.1. The molecule has 2 nitrogen and oxygen atoms in total. The van der Waals surface area contributed by atoms with Crippen molar-refractivity contribution in [2.75, 3.05) is 13.1 Å². The van der Waals surface area contributed by atoms with Crippen molar-refractivity contribution in [3.05, 3.63) is 0 Å². The molecule has 4 atom stereocenters. The zero-order valence-electron chi connectivity index (χ0n) is 6.89. The van der Waals surface area contributed by atoms with Crippen LogP contribution in [-0.2, 0) is 0 Å². The first kappa shape index (κ1) is 9.92. The van der Waals surface area contributed by atoms with Crippen molar-refractivity contribution >= 4 is 45.2 Å². The van der Waals surface area contributed by atoms with Gasteiger partial charge in [0.1, 0.15) is 0 Å². The van der Waals surface area contributed by atoms with Gasteiger partial charge in [0.25, 0.3) is 0 Å². The van der Waals surface area contributed by atoms with E-state index in [1.165, 1.54) is 25.9 Å². The van der Waals surface area contributed by atoms with E-state index in [2.05, 4.69) is 55.8 Å². The summed E-state index contributed by atoms with van der Waals surface area (Å²) in [5, 5.41) is 7.13. The summed E-state index contributed by atoms with van der Waals surface area (Å²) in [6.07, 6.45) is 2.70. The van der Waals surface area contributed by atoms with Gasteiger partial charge in [0, 0.05) is 16.5 Å². The molecule has 0 aliphatic carbocycles. The van der Waals surface area contributed by atoms with E-state index in [9.17, 15) is 0 Å². The lowest BCUT2D eigenvalue weighted by Gasteiger charge is -2.20. The van der Waals surface area contributed by atoms with Crippen LogP contribution >= 0.6 is 45.2 Å². The second-order valence-electron chi connectivity index (χ2n) is 3.66. The van der Waals surface area contributed by atoms with E-state index in [1.807, 2.05) is 0 Å². The quantitative estimate of drug-likeness (QED) is 0.402. The Morgan fingerprint density at radius 3 is 2.50 bits per heavy atom. The molecule has 4 heteroatoms. The SMILES string of the molecule is IC1CC(C2NCCC2I)CN1. The fourth-order valence-electron chi connectivity index (χ4n) is 2.14. The number of nitrogens with one attached hydrogen (secondary N) is 2. The Morgan fingerprint density at radius 2 is 2.00 bits per heavy atom. The summed E-state index contributed by atoms with van der Waals surface area (Å²) in [6, 6.07) is 0.776. The summed E-state index contributed by atoms with van der Waals surface area (Å²) in [5.74, 6) is 0.872. The van der Waals surface area contributed by atoms with Crippen molar-refractivity contribution in [1.82, 2.24) is 10.6 Å². The van der Waals surface area contributed by atoms with E-state index in [-0.39, 0.29) is 0 Å². The monoisotopic (exact) mass is 392 g/mol. The molecule has 0 aromatic heterocycles. The Bertz CT molecular complexity index is 165. The van der Waals surface area contributed by atoms with Crippen LogP contribution in [0, 0.1) is 5.92 Å². The summed E-state index contributed by atoms with van der Waals surface area (Å²) in [5.41, 5.74) is 0. The Balaban J connectivity index is 1.91. The highest BCUT2D eigenvalue weighted by Crippen LogP contribution is 2.29. The Hall–Kier alpha value is 1.38. The average Bonchev–Trinajstić information content (AvgIpc) is 2.58. The van der Waals surface area contributed by atoms with E-state index in [4.69, 9.17) is 0 Å². The molecule has 2 aliphatic rings. The molecule has 12 heavy (non-hydrogen) atoms. The highest BCUT2D eigenvalue weighted by Gasteiger charge is 2.35. The highest BCUT2D eigenvalue weighted by atomic mass is 127. The minimum absolute atomic E-state index is 0.707. The van der Waals surface area contributed by atoms with Gasteiger partial charge in [-0.2, -0.15) is 0 Å². The summed E-state index contributed by atoms with van der Waals surface area (Å²) in [7, 11) is 0. The molecule has 0 bridgehead atoms. The fourth-order valence-corrected chi connectivity index (χ4v) is 4.20. The normalized spacial score (nSPS) is 48.5. The molecule has 0 saturated carbocycles. The standard InChI is InChI=1S/C8H14I2N2/c9-6-1-2-11-8(6)5-3-7(10)12-4-5/h5-8,11-12H,1-4H2. The Morgan fingerprint density at radius 1 is 1.17 bits per heavy atom. The predicted octanol–water partition coefficient (Wildman–Crippen LogP) is 1.52. The molecule has 2 rings (SSSR count). The van der Waals surface area contributed by atoms with Gasteiger partial charge in [0.05, 0.1) is 4.05 Å². The molecule has 4 unspecified atom stereocenters. The lowest BCUT2D eigenvalue weighted by Crippen LogP contribution is -2.36. The third-order valence-electron chi connectivity index (χ3n) is 2.81. The van der Waals surface area contributed by atoms with Gasteiger partial charge in [-0.05, 0) is 25.3 Å². The van der Waals surface area contributed by atoms with E-state index in [0.29, 0.717) is 4.05 Å². The zero-order valence-corrected chi connectivity index (χ0v) is 11.2. The summed E-state index contributed by atoms with van der Waals surface area (Å²) in [4.78, 5) is 0. The molecule has 2 aliphatic heterocycles. The first-order chi connectivity index (χ1) is 5.77. The number of halogens is 2. The molecule has 0 spiro atoms. The summed E-state index contributed by atoms with van der Waals surface area (Å²) >= 11 is 5.10. The number of hydrogen-bond donors (Lipinski definition) is 2. The van der Waals surface area contributed by atoms with Gasteiger partial charge in [0.2, 0.25) is 0 Å². The van der Waals surface area contributed by atoms with E-state index in [0.717, 1.165) is 15.9 Å². The van der Waals surface area contributed by atoms with Gasteiger partial charge in [-0.25, -0.2) is 0 Å². The largest absolute Gasteiger partial charge is 0.313 e. The number of rotatable bonds is 1. The molecule has 2 saturated heterocycles. The van der Waals surface area contributed by atoms with Crippen LogP contribution in [0.3, 0.4) is 0 Å². The molecule has 2 fully saturated rings. The number of alkyl halides is 2. The van der Waals surface area contributed by atoms with Crippen molar-refractivity contribution in [2.24, 2.45) is 5.92 Å². The van der Waals surface area contributed by atoms with Crippen LogP contribution < -0.4 is 10.6 Å². The van der Waals surface area contributed by atoms with Gasteiger partial charge in [-0.3, -0.25) is 0 Å². The Kier molecular flexibility index (Phi) is 3.53. The van der Waals surface area contributed by atoms with Crippen molar-refractivity contribution < 1.29 is 0 Å². The van der Waals surface area contributed by atoms with Gasteiger partial charge in [-0.1, -0.05) is 45.2 Å². The Labute approximate surface area is 101 Å². The van der Waals surface area contributed by atoms with E-state index in [1.54, 1.807) is 0 Å². The van der Waals surface area contributed by atoms with Crippen LogP contribution in [0.4, 0.5) is 0 Å². The van der Waals surface area contributed by atoms with Gasteiger partial charge >= 0.3 is 0 Å². The van der Waals surface area contributed by atoms with Crippen molar-refractivity contribution in [3.8, 4) is 0 Å². The van der Waals surface area contributed by atoms with Gasteiger partial charge in [-0.15, -0.1) is 0 Å². The maximum atomic E-state index is 3.62. The molecular weight excluding hydrogens is 378 g/mol. The lowest BCUT2D eigenvalue weighted by atomic mass is 9.98. The summed E-state index contributed by atoms with van der Waals surface area (Å²) in [6.45, 7) is 2.44. The smallest absolute Gasteiger partial charge is 0.0597 e. The fraction of sp³-hybridized carbons (Fsp3) is 1.00. The predicted molar refractivity (Wildman–Crippen MR) is 68.1 cm³/mol. The molecule has 0 amide bonds. The molecule has 0 aromatic carbocycles. The van der Waals surface area contributed by atoms with Crippen molar-refractivity contribution in [1.29, 1.82) is 0 Å². The molecule has 2 heterocycles. The second-order valence-corrected chi connectivity index (χ2v) is 6.76. The minimum atomic E-state index is 0.707. The number of hydrogen-bond acceptors (Lipinski definition) is 2. The third kappa shape index (κ3) is 2.06. The molecule has 70 valence electrons. The van der Waals surface area contributed by atoms with Crippen LogP contribution in [0.2, 0.25) is 0 Å². The molecular formula is C8H14I2N2. The third-order valence-corrected chi connectivity index (χ3v) is 5.16. The van der Waals surface area contributed by atoms with Crippen molar-refractivity contribution in [3.63, 3.8) is 0 Å². The maximum absolute atomic E-state index is 3.62. The first-order valence-electron chi connectivity index (χ1n) is 4.52. The van der Waals surface area contributed by atoms with Crippen molar-refractivity contribution in [2.45, 2.75) is 26.9 Å². The topological polar surface area (TPSA) is 24.1 Å². The van der Waals surface area contributed by atoms with E-state index >= 15 is 0 Å². The molecule has 2 N–H and O–H groups in total. The summed E-state index contributed by atoms with van der Waals surface area (Å²) < 4.78 is 1.56. The van der Waals surface area contributed by atoms with Crippen LogP contribution in [0.25, 0.3) is 0 Å². The average molecular weight is 392 g/mol. The molecule has 0 radical (unpaired) electrons. The lowest BCUT2D eigenvalue weighted by molar-refractivity contribution is 0.430. The minimum Gasteiger partial charge on any atom is -0.313 e. The van der Waals surface area contributed by atoms with Crippen LogP contribution in [0.5, 0.6) is 0 Å². The van der Waals surface area contributed by atoms with Gasteiger partial charge in [0.15, 0.2) is 0 Å². The van der Waals surface area contributed by atoms with Crippen LogP contribution in [-0.4, -0.2) is 27.1 Å². The molecule has 0 aromatic rings. The first-order valence-corrected chi connectivity index (χ1v) is 7.01. The van der Waals surface area contributed by atoms with E-state index < -0.39 is 0 Å². The second kappa shape index (κ2) is 4.27. The van der Waals surface area contributed by atoms with Crippen LogP contribution in [0.15, 0.2) is 0 Å². The van der Waals surface area contributed by atoms with Crippen LogP contribution in [0.1, 0.15) is 12.8 Å². The zero-order chi connectivity index (χ0) is 8.55.